The van der Waals surface area contributed by atoms with E-state index >= 15 is 0 Å². The molecule has 0 bridgehead atoms. The van der Waals surface area contributed by atoms with Gasteiger partial charge in [0.2, 0.25) is 5.89 Å². The molecule has 11 rings (SSSR count). The number of hydrogen-bond acceptors (Lipinski definition) is 4. The van der Waals surface area contributed by atoms with Crippen LogP contribution in [0.1, 0.15) is 49.9 Å². The molecule has 7 aromatic carbocycles. The van der Waals surface area contributed by atoms with Crippen LogP contribution in [0.2, 0.25) is 0 Å². The average Bonchev–Trinajstić information content (AvgIpc) is 3.88. The molecule has 4 heteroatoms. The molecule has 0 aliphatic heterocycles. The third-order valence-electron chi connectivity index (χ3n) is 11.9. The SMILES string of the molecule is CC1(C)c2ccccc2-c2cc(N(c3ccc4c(c3)C(C)(C)c3ccccc3-4)c3ccc4c(c3)oc3cc5nc(-c6ccccc6)oc5cc34)ccc21. The van der Waals surface area contributed by atoms with Crippen molar-refractivity contribution in [2.24, 2.45) is 0 Å². The fourth-order valence-electron chi connectivity index (χ4n) is 9.16. The Morgan fingerprint density at radius 1 is 0.434 bits per heavy atom. The van der Waals surface area contributed by atoms with E-state index in [9.17, 15) is 0 Å². The minimum Gasteiger partial charge on any atom is -0.456 e. The second-order valence-corrected chi connectivity index (χ2v) is 15.6. The van der Waals surface area contributed by atoms with Crippen LogP contribution in [0.25, 0.3) is 66.7 Å². The molecule has 53 heavy (non-hydrogen) atoms. The van der Waals surface area contributed by atoms with E-state index in [0.29, 0.717) is 5.89 Å². The molecule has 0 atom stereocenters. The molecular formula is C49H36N2O2. The molecule has 2 aliphatic rings. The Balaban J connectivity index is 1.09. The standard InChI is InChI=1S/C49H36N2O2/c1-48(2)40-17-11-9-15-34(40)37-24-30(20-23-41(37)48)51(31-18-21-35-33-14-8-10-16-39(33)49(3,4)42(35)25-31)32-19-22-36-38-27-46-43(28-45(38)52-44(36)26-32)50-47(53-46)29-12-6-5-7-13-29/h5-28H,1-4H3. The smallest absolute Gasteiger partial charge is 0.227 e. The zero-order valence-electron chi connectivity index (χ0n) is 30.1. The van der Waals surface area contributed by atoms with Crippen molar-refractivity contribution in [3.8, 4) is 33.7 Å². The van der Waals surface area contributed by atoms with Crippen LogP contribution in [0.3, 0.4) is 0 Å². The van der Waals surface area contributed by atoms with Gasteiger partial charge in [0.1, 0.15) is 16.7 Å². The summed E-state index contributed by atoms with van der Waals surface area (Å²) in [7, 11) is 0. The third kappa shape index (κ3) is 4.27. The van der Waals surface area contributed by atoms with Gasteiger partial charge >= 0.3 is 0 Å². The van der Waals surface area contributed by atoms with Gasteiger partial charge in [-0.15, -0.1) is 0 Å². The van der Waals surface area contributed by atoms with Crippen molar-refractivity contribution in [2.75, 3.05) is 4.90 Å². The minimum atomic E-state index is -0.122. The van der Waals surface area contributed by atoms with E-state index in [0.717, 1.165) is 55.7 Å². The van der Waals surface area contributed by atoms with Crippen molar-refractivity contribution in [1.82, 2.24) is 4.98 Å². The molecular weight excluding hydrogens is 649 g/mol. The Morgan fingerprint density at radius 3 is 1.81 bits per heavy atom. The molecule has 254 valence electrons. The summed E-state index contributed by atoms with van der Waals surface area (Å²) in [5, 5.41) is 2.05. The van der Waals surface area contributed by atoms with E-state index in [4.69, 9.17) is 13.8 Å². The fraction of sp³-hybridized carbons (Fsp3) is 0.122. The first-order valence-corrected chi connectivity index (χ1v) is 18.4. The summed E-state index contributed by atoms with van der Waals surface area (Å²) in [5.74, 6) is 0.608. The maximum atomic E-state index is 6.63. The molecule has 0 N–H and O–H groups in total. The van der Waals surface area contributed by atoms with Crippen LogP contribution in [-0.2, 0) is 10.8 Å². The molecule has 4 nitrogen and oxygen atoms in total. The Morgan fingerprint density at radius 2 is 1.02 bits per heavy atom. The lowest BCUT2D eigenvalue weighted by Crippen LogP contribution is -2.17. The molecule has 0 radical (unpaired) electrons. The Bertz CT molecular complexity index is 2960. The highest BCUT2D eigenvalue weighted by Crippen LogP contribution is 2.53. The highest BCUT2D eigenvalue weighted by Gasteiger charge is 2.37. The maximum absolute atomic E-state index is 6.63. The number of nitrogens with zero attached hydrogens (tertiary/aromatic N) is 2. The summed E-state index contributed by atoms with van der Waals surface area (Å²) in [6.45, 7) is 9.35. The van der Waals surface area contributed by atoms with Gasteiger partial charge < -0.3 is 13.7 Å². The van der Waals surface area contributed by atoms with Crippen LogP contribution in [0.15, 0.2) is 154 Å². The highest BCUT2D eigenvalue weighted by molar-refractivity contribution is 6.10. The number of fused-ring (bicyclic) bond motifs is 10. The fourth-order valence-corrected chi connectivity index (χ4v) is 9.16. The van der Waals surface area contributed by atoms with Crippen molar-refractivity contribution in [3.05, 3.63) is 168 Å². The predicted octanol–water partition coefficient (Wildman–Crippen LogP) is 13.5. The van der Waals surface area contributed by atoms with Crippen molar-refractivity contribution < 1.29 is 8.83 Å². The molecule has 0 fully saturated rings. The van der Waals surface area contributed by atoms with Gasteiger partial charge in [-0.1, -0.05) is 107 Å². The van der Waals surface area contributed by atoms with Crippen LogP contribution in [0.4, 0.5) is 17.1 Å². The number of rotatable bonds is 4. The quantitative estimate of drug-likeness (QED) is 0.185. The lowest BCUT2D eigenvalue weighted by Gasteiger charge is -2.29. The van der Waals surface area contributed by atoms with E-state index in [1.807, 2.05) is 36.4 Å². The van der Waals surface area contributed by atoms with E-state index in [2.05, 4.69) is 142 Å². The van der Waals surface area contributed by atoms with Crippen molar-refractivity contribution in [3.63, 3.8) is 0 Å². The maximum Gasteiger partial charge on any atom is 0.227 e. The lowest BCUT2D eigenvalue weighted by atomic mass is 9.82. The zero-order chi connectivity index (χ0) is 35.6. The van der Waals surface area contributed by atoms with Gasteiger partial charge in [-0.3, -0.25) is 0 Å². The number of hydrogen-bond donors (Lipinski definition) is 0. The van der Waals surface area contributed by atoms with Gasteiger partial charge in [0, 0.05) is 56.4 Å². The van der Waals surface area contributed by atoms with Crippen LogP contribution in [0, 0.1) is 0 Å². The molecule has 0 spiro atoms. The van der Waals surface area contributed by atoms with Gasteiger partial charge in [-0.25, -0.2) is 4.98 Å². The summed E-state index contributed by atoms with van der Waals surface area (Å²) >= 11 is 0. The molecule has 0 saturated carbocycles. The second kappa shape index (κ2) is 10.6. The lowest BCUT2D eigenvalue weighted by molar-refractivity contribution is 0.620. The summed E-state index contributed by atoms with van der Waals surface area (Å²) in [5.41, 5.74) is 17.8. The first-order chi connectivity index (χ1) is 25.8. The average molecular weight is 685 g/mol. The van der Waals surface area contributed by atoms with Crippen LogP contribution in [0.5, 0.6) is 0 Å². The summed E-state index contributed by atoms with van der Waals surface area (Å²) in [4.78, 5) is 7.19. The number of anilines is 3. The summed E-state index contributed by atoms with van der Waals surface area (Å²) in [6, 6.07) is 52.3. The van der Waals surface area contributed by atoms with Gasteiger partial charge in [-0.05, 0) is 99.1 Å². The third-order valence-corrected chi connectivity index (χ3v) is 11.9. The number of aromatic nitrogens is 1. The van der Waals surface area contributed by atoms with Gasteiger partial charge in [0.05, 0.1) is 0 Å². The minimum absolute atomic E-state index is 0.0677. The molecule has 2 aromatic heterocycles. The molecule has 9 aromatic rings. The monoisotopic (exact) mass is 684 g/mol. The Labute approximate surface area is 308 Å². The second-order valence-electron chi connectivity index (χ2n) is 15.6. The van der Waals surface area contributed by atoms with Crippen molar-refractivity contribution in [2.45, 2.75) is 38.5 Å². The molecule has 2 heterocycles. The number of benzene rings is 7. The molecule has 0 saturated heterocycles. The summed E-state index contributed by atoms with van der Waals surface area (Å²) < 4.78 is 12.9. The van der Waals surface area contributed by atoms with Crippen molar-refractivity contribution >= 4 is 50.1 Å². The number of furan rings is 1. The molecule has 2 aliphatic carbocycles. The van der Waals surface area contributed by atoms with Gasteiger partial charge in [0.15, 0.2) is 5.58 Å². The van der Waals surface area contributed by atoms with Gasteiger partial charge in [0.25, 0.3) is 0 Å². The van der Waals surface area contributed by atoms with E-state index < -0.39 is 0 Å². The van der Waals surface area contributed by atoms with Crippen molar-refractivity contribution in [1.29, 1.82) is 0 Å². The van der Waals surface area contributed by atoms with E-state index in [1.165, 1.54) is 44.5 Å². The molecule has 0 unspecified atom stereocenters. The zero-order valence-corrected chi connectivity index (χ0v) is 30.1. The van der Waals surface area contributed by atoms with E-state index in [-0.39, 0.29) is 10.8 Å². The largest absolute Gasteiger partial charge is 0.456 e. The predicted molar refractivity (Wildman–Crippen MR) is 217 cm³/mol. The highest BCUT2D eigenvalue weighted by atomic mass is 16.4. The summed E-state index contributed by atoms with van der Waals surface area (Å²) in [6.07, 6.45) is 0. The normalized spacial score (nSPS) is 14.7. The number of oxazole rings is 1. The first-order valence-electron chi connectivity index (χ1n) is 18.4. The van der Waals surface area contributed by atoms with Gasteiger partial charge in [-0.2, -0.15) is 0 Å². The Hall–Kier alpha value is -6.39. The first kappa shape index (κ1) is 30.3. The van der Waals surface area contributed by atoms with Crippen LogP contribution >= 0.6 is 0 Å². The van der Waals surface area contributed by atoms with E-state index in [1.54, 1.807) is 0 Å². The van der Waals surface area contributed by atoms with Crippen LogP contribution < -0.4 is 4.90 Å². The Kier molecular flexibility index (Phi) is 6.04. The van der Waals surface area contributed by atoms with Crippen LogP contribution in [-0.4, -0.2) is 4.98 Å². The topological polar surface area (TPSA) is 42.4 Å². The molecule has 0 amide bonds.